The first-order valence-corrected chi connectivity index (χ1v) is 6.18. The third kappa shape index (κ3) is 4.95. The van der Waals surface area contributed by atoms with E-state index in [1.165, 1.54) is 0 Å². The molecule has 0 amide bonds. The van der Waals surface area contributed by atoms with Gasteiger partial charge in [-0.2, -0.15) is 18.4 Å². The molecule has 1 heterocycles. The van der Waals surface area contributed by atoms with Gasteiger partial charge < -0.3 is 10.1 Å². The standard InChI is InChI=1S/C13H14F3N3O2/c1-3-21-11(20)6-8(2)18-12-9(7-17)4-5-10(19-12)13(14,15)16/h4-5,8H,3,6H2,1-2H3,(H,18,19). The number of nitrogens with one attached hydrogen (secondary N) is 1. The van der Waals surface area contributed by atoms with Crippen molar-refractivity contribution in [2.45, 2.75) is 32.5 Å². The van der Waals surface area contributed by atoms with Crippen LogP contribution in [0.25, 0.3) is 0 Å². The predicted molar refractivity (Wildman–Crippen MR) is 68.3 cm³/mol. The minimum Gasteiger partial charge on any atom is -0.466 e. The molecule has 0 radical (unpaired) electrons. The van der Waals surface area contributed by atoms with Crippen LogP contribution in [-0.2, 0) is 15.7 Å². The second-order valence-electron chi connectivity index (χ2n) is 4.26. The van der Waals surface area contributed by atoms with Crippen LogP contribution in [0, 0.1) is 11.3 Å². The molecule has 0 aliphatic heterocycles. The summed E-state index contributed by atoms with van der Waals surface area (Å²) in [7, 11) is 0. The number of pyridine rings is 1. The second-order valence-corrected chi connectivity index (χ2v) is 4.26. The van der Waals surface area contributed by atoms with Crippen molar-refractivity contribution < 1.29 is 22.7 Å². The van der Waals surface area contributed by atoms with Gasteiger partial charge in [-0.05, 0) is 26.0 Å². The molecule has 5 nitrogen and oxygen atoms in total. The van der Waals surface area contributed by atoms with E-state index in [2.05, 4.69) is 10.3 Å². The highest BCUT2D eigenvalue weighted by Crippen LogP contribution is 2.29. The van der Waals surface area contributed by atoms with Crippen LogP contribution in [0.2, 0.25) is 0 Å². The van der Waals surface area contributed by atoms with Crippen molar-refractivity contribution in [3.05, 3.63) is 23.4 Å². The van der Waals surface area contributed by atoms with Crippen molar-refractivity contribution in [2.24, 2.45) is 0 Å². The lowest BCUT2D eigenvalue weighted by molar-refractivity contribution is -0.143. The molecule has 0 aliphatic rings. The second kappa shape index (κ2) is 6.92. The molecule has 0 bridgehead atoms. The van der Waals surface area contributed by atoms with Crippen LogP contribution in [0.3, 0.4) is 0 Å². The van der Waals surface area contributed by atoms with Gasteiger partial charge in [0, 0.05) is 6.04 Å². The van der Waals surface area contributed by atoms with E-state index < -0.39 is 23.9 Å². The number of hydrogen-bond acceptors (Lipinski definition) is 5. The molecule has 8 heteroatoms. The summed E-state index contributed by atoms with van der Waals surface area (Å²) < 4.78 is 42.6. The number of anilines is 1. The Morgan fingerprint density at radius 1 is 1.52 bits per heavy atom. The number of rotatable bonds is 5. The van der Waals surface area contributed by atoms with Gasteiger partial charge in [-0.15, -0.1) is 0 Å². The monoisotopic (exact) mass is 301 g/mol. The van der Waals surface area contributed by atoms with Crippen molar-refractivity contribution in [3.63, 3.8) is 0 Å². The van der Waals surface area contributed by atoms with Crippen LogP contribution < -0.4 is 5.32 Å². The van der Waals surface area contributed by atoms with E-state index in [0.717, 1.165) is 12.1 Å². The lowest BCUT2D eigenvalue weighted by atomic mass is 10.2. The molecule has 1 unspecified atom stereocenters. The summed E-state index contributed by atoms with van der Waals surface area (Å²) >= 11 is 0. The molecule has 1 atom stereocenters. The van der Waals surface area contributed by atoms with Gasteiger partial charge in [0.25, 0.3) is 0 Å². The van der Waals surface area contributed by atoms with Gasteiger partial charge in [-0.25, -0.2) is 4.98 Å². The van der Waals surface area contributed by atoms with E-state index in [9.17, 15) is 18.0 Å². The Hall–Kier alpha value is -2.30. The van der Waals surface area contributed by atoms with E-state index in [-0.39, 0.29) is 24.4 Å². The maximum absolute atomic E-state index is 12.6. The summed E-state index contributed by atoms with van der Waals surface area (Å²) in [5.41, 5.74) is -1.13. The third-order valence-electron chi connectivity index (χ3n) is 2.47. The SMILES string of the molecule is CCOC(=O)CC(C)Nc1nc(C(F)(F)F)ccc1C#N. The van der Waals surface area contributed by atoms with Crippen LogP contribution in [0.15, 0.2) is 12.1 Å². The fraction of sp³-hybridized carbons (Fsp3) is 0.462. The quantitative estimate of drug-likeness (QED) is 0.846. The van der Waals surface area contributed by atoms with E-state index in [1.807, 2.05) is 0 Å². The number of ether oxygens (including phenoxy) is 1. The normalized spacial score (nSPS) is 12.4. The Labute approximate surface area is 119 Å². The van der Waals surface area contributed by atoms with Crippen LogP contribution in [0.1, 0.15) is 31.5 Å². The first-order valence-electron chi connectivity index (χ1n) is 6.18. The Morgan fingerprint density at radius 3 is 2.71 bits per heavy atom. The molecule has 1 rings (SSSR count). The minimum absolute atomic E-state index is 0.0290. The Balaban J connectivity index is 2.91. The van der Waals surface area contributed by atoms with Crippen LogP contribution >= 0.6 is 0 Å². The molecule has 0 spiro atoms. The first-order chi connectivity index (χ1) is 9.77. The average molecular weight is 301 g/mol. The average Bonchev–Trinajstić information content (AvgIpc) is 2.37. The molecule has 1 aromatic heterocycles. The van der Waals surface area contributed by atoms with Crippen molar-refractivity contribution in [1.82, 2.24) is 4.98 Å². The van der Waals surface area contributed by atoms with Gasteiger partial charge in [0.15, 0.2) is 0 Å². The van der Waals surface area contributed by atoms with Gasteiger partial charge >= 0.3 is 12.1 Å². The molecule has 0 aliphatic carbocycles. The van der Waals surface area contributed by atoms with Gasteiger partial charge in [0.1, 0.15) is 17.6 Å². The summed E-state index contributed by atoms with van der Waals surface area (Å²) in [6.07, 6.45) is -4.65. The largest absolute Gasteiger partial charge is 0.466 e. The Bertz CT molecular complexity index is 553. The van der Waals surface area contributed by atoms with Crippen LogP contribution in [0.4, 0.5) is 19.0 Å². The smallest absolute Gasteiger partial charge is 0.433 e. The Kier molecular flexibility index (Phi) is 5.52. The number of esters is 1. The lowest BCUT2D eigenvalue weighted by Gasteiger charge is -2.16. The van der Waals surface area contributed by atoms with Gasteiger partial charge in [0.05, 0.1) is 18.6 Å². The number of nitrogens with zero attached hydrogens (tertiary/aromatic N) is 2. The number of carbonyl (C=O) groups excluding carboxylic acids is 1. The number of nitriles is 1. The summed E-state index contributed by atoms with van der Waals surface area (Å²) in [5, 5.41) is 11.5. The van der Waals surface area contributed by atoms with Gasteiger partial charge in [-0.1, -0.05) is 0 Å². The van der Waals surface area contributed by atoms with Gasteiger partial charge in [-0.3, -0.25) is 4.79 Å². The molecule has 0 saturated carbocycles. The maximum Gasteiger partial charge on any atom is 0.433 e. The fourth-order valence-electron chi connectivity index (χ4n) is 1.57. The minimum atomic E-state index is -4.60. The van der Waals surface area contributed by atoms with E-state index in [4.69, 9.17) is 10.00 Å². The summed E-state index contributed by atoms with van der Waals surface area (Å²) in [6, 6.07) is 3.00. The molecule has 0 aromatic carbocycles. The van der Waals surface area contributed by atoms with Crippen LogP contribution in [0.5, 0.6) is 0 Å². The first kappa shape index (κ1) is 16.8. The summed E-state index contributed by atoms with van der Waals surface area (Å²) in [4.78, 5) is 14.7. The highest BCUT2D eigenvalue weighted by molar-refractivity contribution is 5.70. The van der Waals surface area contributed by atoms with Gasteiger partial charge in [0.2, 0.25) is 0 Å². The summed E-state index contributed by atoms with van der Waals surface area (Å²) in [6.45, 7) is 3.45. The zero-order valence-electron chi connectivity index (χ0n) is 11.5. The number of hydrogen-bond donors (Lipinski definition) is 1. The number of alkyl halides is 3. The number of halogens is 3. The molecule has 1 aromatic rings. The molecule has 21 heavy (non-hydrogen) atoms. The van der Waals surface area contributed by atoms with Crippen LogP contribution in [-0.4, -0.2) is 23.6 Å². The highest BCUT2D eigenvalue weighted by Gasteiger charge is 2.33. The molecule has 114 valence electrons. The molecule has 0 saturated heterocycles. The fourth-order valence-corrected chi connectivity index (χ4v) is 1.57. The zero-order valence-corrected chi connectivity index (χ0v) is 11.5. The molecular formula is C13H14F3N3O2. The van der Waals surface area contributed by atoms with E-state index >= 15 is 0 Å². The number of aromatic nitrogens is 1. The molecular weight excluding hydrogens is 287 g/mol. The van der Waals surface area contributed by atoms with Crippen molar-refractivity contribution in [3.8, 4) is 6.07 Å². The maximum atomic E-state index is 12.6. The van der Waals surface area contributed by atoms with E-state index in [0.29, 0.717) is 0 Å². The number of carbonyl (C=O) groups is 1. The van der Waals surface area contributed by atoms with Crippen molar-refractivity contribution >= 4 is 11.8 Å². The Morgan fingerprint density at radius 2 is 2.19 bits per heavy atom. The summed E-state index contributed by atoms with van der Waals surface area (Å²) in [5.74, 6) is -0.688. The third-order valence-corrected chi connectivity index (χ3v) is 2.47. The van der Waals surface area contributed by atoms with Crippen molar-refractivity contribution in [1.29, 1.82) is 5.26 Å². The molecule has 1 N–H and O–H groups in total. The van der Waals surface area contributed by atoms with Crippen molar-refractivity contribution in [2.75, 3.05) is 11.9 Å². The topological polar surface area (TPSA) is 75.0 Å². The predicted octanol–water partition coefficient (Wildman–Crippen LogP) is 2.73. The lowest BCUT2D eigenvalue weighted by Crippen LogP contribution is -2.23. The van der Waals surface area contributed by atoms with E-state index in [1.54, 1.807) is 19.9 Å². The highest BCUT2D eigenvalue weighted by atomic mass is 19.4. The molecule has 0 fully saturated rings. The zero-order chi connectivity index (χ0) is 16.0.